The van der Waals surface area contributed by atoms with Gasteiger partial charge in [0.05, 0.1) is 13.2 Å². The van der Waals surface area contributed by atoms with Crippen LogP contribution in [0.4, 0.5) is 0 Å². The van der Waals surface area contributed by atoms with Gasteiger partial charge in [-0.2, -0.15) is 0 Å². The van der Waals surface area contributed by atoms with E-state index in [1.54, 1.807) is 7.11 Å². The number of methoxy groups -OCH3 is 1. The number of nitrogens with zero attached hydrogens (tertiary/aromatic N) is 2. The summed E-state index contributed by atoms with van der Waals surface area (Å²) in [5, 5.41) is 4.00. The number of amides is 2. The lowest BCUT2D eigenvalue weighted by Gasteiger charge is -2.17. The molecule has 1 aliphatic heterocycles. The maximum Gasteiger partial charge on any atom is 0.270 e. The topological polar surface area (TPSA) is 63.6 Å². The maximum absolute atomic E-state index is 13.1. The summed E-state index contributed by atoms with van der Waals surface area (Å²) in [5.41, 5.74) is 1.66. The lowest BCUT2D eigenvalue weighted by molar-refractivity contribution is -0.119. The Balaban J connectivity index is 1.85. The maximum atomic E-state index is 13.1. The quantitative estimate of drug-likeness (QED) is 0.894. The molecule has 1 fully saturated rings. The van der Waals surface area contributed by atoms with Crippen molar-refractivity contribution in [1.29, 1.82) is 0 Å². The molecule has 0 bridgehead atoms. The lowest BCUT2D eigenvalue weighted by atomic mass is 9.98. The van der Waals surface area contributed by atoms with Gasteiger partial charge >= 0.3 is 0 Å². The zero-order chi connectivity index (χ0) is 18.8. The van der Waals surface area contributed by atoms with E-state index in [1.807, 2.05) is 40.8 Å². The zero-order valence-electron chi connectivity index (χ0n) is 15.9. The van der Waals surface area contributed by atoms with Crippen molar-refractivity contribution in [2.45, 2.75) is 32.7 Å². The predicted molar refractivity (Wildman–Crippen MR) is 101 cm³/mol. The largest absolute Gasteiger partial charge is 0.497 e. The van der Waals surface area contributed by atoms with Crippen LogP contribution in [0.15, 0.2) is 24.3 Å². The van der Waals surface area contributed by atoms with E-state index >= 15 is 0 Å². The monoisotopic (exact) mass is 357 g/mol. The summed E-state index contributed by atoms with van der Waals surface area (Å²) in [7, 11) is 3.55. The van der Waals surface area contributed by atoms with Crippen LogP contribution in [0.3, 0.4) is 0 Å². The summed E-state index contributed by atoms with van der Waals surface area (Å²) < 4.78 is 7.21. The molecule has 2 atom stereocenters. The fourth-order valence-electron chi connectivity index (χ4n) is 3.95. The van der Waals surface area contributed by atoms with Crippen LogP contribution in [0, 0.1) is 5.92 Å². The van der Waals surface area contributed by atoms with Crippen LogP contribution in [0.5, 0.6) is 5.75 Å². The molecule has 2 unspecified atom stereocenters. The van der Waals surface area contributed by atoms with E-state index in [9.17, 15) is 9.59 Å². The van der Waals surface area contributed by atoms with Gasteiger partial charge in [-0.25, -0.2) is 0 Å². The summed E-state index contributed by atoms with van der Waals surface area (Å²) in [6.07, 6.45) is 2.04. The molecule has 26 heavy (non-hydrogen) atoms. The molecule has 1 aliphatic rings. The highest BCUT2D eigenvalue weighted by Gasteiger charge is 2.36. The third-order valence-corrected chi connectivity index (χ3v) is 5.25. The van der Waals surface area contributed by atoms with Gasteiger partial charge in [-0.3, -0.25) is 9.59 Å². The van der Waals surface area contributed by atoms with E-state index in [4.69, 9.17) is 4.74 Å². The predicted octanol–water partition coefficient (Wildman–Crippen LogP) is 2.56. The molecule has 1 aromatic heterocycles. The number of carbonyl (C=O) groups excluding carboxylic acids is 2. The molecule has 6 heteroatoms. The van der Waals surface area contributed by atoms with Crippen LogP contribution in [0.2, 0.25) is 0 Å². The molecular formula is C20H27N3O3. The third-order valence-electron chi connectivity index (χ3n) is 5.25. The first-order valence-electron chi connectivity index (χ1n) is 9.14. The Kier molecular flexibility index (Phi) is 5.20. The van der Waals surface area contributed by atoms with Gasteiger partial charge in [0, 0.05) is 38.0 Å². The number of rotatable bonds is 5. The van der Waals surface area contributed by atoms with E-state index < -0.39 is 0 Å². The number of hydrogen-bond donors (Lipinski definition) is 1. The molecule has 2 aromatic rings. The number of aryl methyl sites for hydroxylation is 1. The molecule has 0 spiro atoms. The Morgan fingerprint density at radius 3 is 2.69 bits per heavy atom. The first kappa shape index (κ1) is 18.3. The molecule has 3 rings (SSSR count). The molecule has 1 N–H and O–H groups in total. The third kappa shape index (κ3) is 3.41. The Bertz CT molecular complexity index is 827. The number of likely N-dealkylation sites (tertiary alicyclic amines) is 1. The minimum absolute atomic E-state index is 0.0108. The van der Waals surface area contributed by atoms with Crippen LogP contribution in [0.25, 0.3) is 10.9 Å². The molecule has 1 saturated heterocycles. The van der Waals surface area contributed by atoms with E-state index in [0.717, 1.165) is 29.5 Å². The molecule has 2 heterocycles. The van der Waals surface area contributed by atoms with Crippen molar-refractivity contribution in [3.8, 4) is 5.75 Å². The molecule has 0 aliphatic carbocycles. The summed E-state index contributed by atoms with van der Waals surface area (Å²) in [4.78, 5) is 26.5. The number of aromatic nitrogens is 1. The highest BCUT2D eigenvalue weighted by atomic mass is 16.5. The van der Waals surface area contributed by atoms with Crippen LogP contribution in [-0.4, -0.2) is 47.5 Å². The minimum Gasteiger partial charge on any atom is -0.497 e. The fourth-order valence-corrected chi connectivity index (χ4v) is 3.95. The molecular weight excluding hydrogens is 330 g/mol. The van der Waals surface area contributed by atoms with Crippen LogP contribution >= 0.6 is 0 Å². The van der Waals surface area contributed by atoms with Crippen molar-refractivity contribution < 1.29 is 14.3 Å². The number of fused-ring (bicyclic) bond motifs is 1. The van der Waals surface area contributed by atoms with Gasteiger partial charge in [0.2, 0.25) is 5.91 Å². The van der Waals surface area contributed by atoms with Gasteiger partial charge in [0.25, 0.3) is 5.91 Å². The SMILES string of the molecule is CCCC1CN(C(=O)c2cc3cc(OC)ccc3n2C)CC1NC(C)=O. The van der Waals surface area contributed by atoms with E-state index in [-0.39, 0.29) is 17.9 Å². The second kappa shape index (κ2) is 7.40. The average Bonchev–Trinajstić information content (AvgIpc) is 3.15. The molecule has 6 nitrogen and oxygen atoms in total. The molecule has 0 saturated carbocycles. The van der Waals surface area contributed by atoms with Crippen LogP contribution < -0.4 is 10.1 Å². The van der Waals surface area contributed by atoms with Crippen molar-refractivity contribution in [2.75, 3.05) is 20.2 Å². The number of ether oxygens (including phenoxy) is 1. The molecule has 1 aromatic carbocycles. The molecule has 0 radical (unpaired) electrons. The van der Waals surface area contributed by atoms with Gasteiger partial charge < -0.3 is 19.5 Å². The van der Waals surface area contributed by atoms with Gasteiger partial charge in [-0.05, 0) is 36.6 Å². The van der Waals surface area contributed by atoms with E-state index in [1.165, 1.54) is 6.92 Å². The lowest BCUT2D eigenvalue weighted by Crippen LogP contribution is -2.40. The number of carbonyl (C=O) groups is 2. The van der Waals surface area contributed by atoms with Crippen molar-refractivity contribution >= 4 is 22.7 Å². The van der Waals surface area contributed by atoms with Crippen molar-refractivity contribution in [3.63, 3.8) is 0 Å². The summed E-state index contributed by atoms with van der Waals surface area (Å²) in [6, 6.07) is 7.76. The van der Waals surface area contributed by atoms with Crippen molar-refractivity contribution in [3.05, 3.63) is 30.0 Å². The Labute approximate surface area is 154 Å². The first-order chi connectivity index (χ1) is 12.4. The van der Waals surface area contributed by atoms with Gasteiger partial charge in [-0.15, -0.1) is 0 Å². The fraction of sp³-hybridized carbons (Fsp3) is 0.500. The van der Waals surface area contributed by atoms with Crippen LogP contribution in [0.1, 0.15) is 37.2 Å². The molecule has 140 valence electrons. The van der Waals surface area contributed by atoms with Crippen LogP contribution in [-0.2, 0) is 11.8 Å². The summed E-state index contributed by atoms with van der Waals surface area (Å²) in [5.74, 6) is 1.05. The Hall–Kier alpha value is -2.50. The summed E-state index contributed by atoms with van der Waals surface area (Å²) in [6.45, 7) is 4.91. The van der Waals surface area contributed by atoms with Crippen molar-refractivity contribution in [1.82, 2.24) is 14.8 Å². The highest BCUT2D eigenvalue weighted by Crippen LogP contribution is 2.27. The van der Waals surface area contributed by atoms with E-state index in [2.05, 4.69) is 12.2 Å². The summed E-state index contributed by atoms with van der Waals surface area (Å²) >= 11 is 0. The highest BCUT2D eigenvalue weighted by molar-refractivity contribution is 5.99. The average molecular weight is 357 g/mol. The number of hydrogen-bond acceptors (Lipinski definition) is 3. The number of nitrogens with one attached hydrogen (secondary N) is 1. The van der Waals surface area contributed by atoms with Gasteiger partial charge in [0.1, 0.15) is 11.4 Å². The minimum atomic E-state index is -0.0397. The normalized spacial score (nSPS) is 19.8. The second-order valence-electron chi connectivity index (χ2n) is 7.08. The second-order valence-corrected chi connectivity index (χ2v) is 7.08. The first-order valence-corrected chi connectivity index (χ1v) is 9.14. The van der Waals surface area contributed by atoms with Gasteiger partial charge in [-0.1, -0.05) is 13.3 Å². The zero-order valence-corrected chi connectivity index (χ0v) is 15.9. The Morgan fingerprint density at radius 2 is 2.04 bits per heavy atom. The van der Waals surface area contributed by atoms with Crippen molar-refractivity contribution in [2.24, 2.45) is 13.0 Å². The number of benzene rings is 1. The standard InChI is InChI=1S/C20H27N3O3/c1-5-6-14-11-23(12-17(14)21-13(2)24)20(25)19-10-15-9-16(26-4)7-8-18(15)22(19)3/h7-10,14,17H,5-6,11-12H2,1-4H3,(H,21,24). The molecule has 2 amide bonds. The van der Waals surface area contributed by atoms with Gasteiger partial charge in [0.15, 0.2) is 0 Å². The van der Waals surface area contributed by atoms with E-state index in [0.29, 0.717) is 24.7 Å². The smallest absolute Gasteiger partial charge is 0.270 e. The Morgan fingerprint density at radius 1 is 1.27 bits per heavy atom.